The molecule has 0 radical (unpaired) electrons. The minimum absolute atomic E-state index is 0.241. The van der Waals surface area contributed by atoms with Crippen molar-refractivity contribution in [2.75, 3.05) is 6.26 Å². The molecule has 1 heterocycles. The number of hydrogen-bond donors (Lipinski definition) is 0. The van der Waals surface area contributed by atoms with Gasteiger partial charge in [-0.2, -0.15) is 0 Å². The van der Waals surface area contributed by atoms with E-state index in [9.17, 15) is 0 Å². The van der Waals surface area contributed by atoms with Gasteiger partial charge in [0.15, 0.2) is 11.5 Å². The largest absolute Gasteiger partial charge is 0.486 e. The fraction of sp³-hybridized carbons (Fsp3) is 0.615. The van der Waals surface area contributed by atoms with Crippen molar-refractivity contribution in [3.05, 3.63) is 12.3 Å². The van der Waals surface area contributed by atoms with Crippen molar-refractivity contribution in [1.29, 1.82) is 0 Å². The zero-order valence-corrected chi connectivity index (χ0v) is 11.6. The van der Waals surface area contributed by atoms with E-state index >= 15 is 0 Å². The maximum Gasteiger partial charge on any atom is 0.194 e. The number of thioether (sulfide) groups is 1. The molecule has 1 aromatic heterocycles. The Morgan fingerprint density at radius 3 is 2.59 bits per heavy atom. The number of rotatable bonds is 4. The standard InChI is InChI=1S/C13H19NO2S/c1-13(2,3)16-11-10(15-9-5-6-9)7-8-14-12(11)17-4/h7-9H,5-6H2,1-4H3. The summed E-state index contributed by atoms with van der Waals surface area (Å²) in [6, 6.07) is 1.89. The number of nitrogens with zero attached hydrogens (tertiary/aromatic N) is 1. The Morgan fingerprint density at radius 2 is 2.06 bits per heavy atom. The van der Waals surface area contributed by atoms with Crippen LogP contribution >= 0.6 is 11.8 Å². The minimum atomic E-state index is -0.241. The lowest BCUT2D eigenvalue weighted by Crippen LogP contribution is -2.24. The summed E-state index contributed by atoms with van der Waals surface area (Å²) >= 11 is 1.58. The summed E-state index contributed by atoms with van der Waals surface area (Å²) in [5.41, 5.74) is -0.241. The zero-order chi connectivity index (χ0) is 12.5. The van der Waals surface area contributed by atoms with Crippen molar-refractivity contribution in [3.63, 3.8) is 0 Å². The van der Waals surface area contributed by atoms with Crippen LogP contribution in [-0.2, 0) is 0 Å². The van der Waals surface area contributed by atoms with Crippen LogP contribution in [-0.4, -0.2) is 22.9 Å². The second-order valence-electron chi connectivity index (χ2n) is 5.18. The van der Waals surface area contributed by atoms with E-state index in [2.05, 4.69) is 4.98 Å². The Morgan fingerprint density at radius 1 is 1.35 bits per heavy atom. The molecule has 1 saturated carbocycles. The number of aromatic nitrogens is 1. The number of ether oxygens (including phenoxy) is 2. The van der Waals surface area contributed by atoms with Crippen LogP contribution in [0.3, 0.4) is 0 Å². The molecule has 1 aliphatic rings. The third-order valence-corrected chi connectivity index (χ3v) is 2.93. The van der Waals surface area contributed by atoms with Gasteiger partial charge in [-0.25, -0.2) is 4.98 Å². The first kappa shape index (κ1) is 12.6. The monoisotopic (exact) mass is 253 g/mol. The SMILES string of the molecule is CSc1nccc(OC2CC2)c1OC(C)(C)C. The molecule has 0 saturated heterocycles. The van der Waals surface area contributed by atoms with E-state index in [1.54, 1.807) is 18.0 Å². The van der Waals surface area contributed by atoms with E-state index in [0.717, 1.165) is 29.4 Å². The molecule has 0 atom stereocenters. The van der Waals surface area contributed by atoms with Crippen molar-refractivity contribution in [1.82, 2.24) is 4.98 Å². The van der Waals surface area contributed by atoms with Gasteiger partial charge in [0.05, 0.1) is 6.10 Å². The van der Waals surface area contributed by atoms with E-state index in [4.69, 9.17) is 9.47 Å². The van der Waals surface area contributed by atoms with Gasteiger partial charge >= 0.3 is 0 Å². The van der Waals surface area contributed by atoms with E-state index in [-0.39, 0.29) is 5.60 Å². The van der Waals surface area contributed by atoms with Crippen LogP contribution in [0.5, 0.6) is 11.5 Å². The summed E-state index contributed by atoms with van der Waals surface area (Å²) < 4.78 is 11.8. The molecule has 3 nitrogen and oxygen atoms in total. The van der Waals surface area contributed by atoms with Crippen molar-refractivity contribution >= 4 is 11.8 Å². The Hall–Kier alpha value is -0.900. The predicted octanol–water partition coefficient (Wildman–Crippen LogP) is 3.52. The highest BCUT2D eigenvalue weighted by molar-refractivity contribution is 7.98. The van der Waals surface area contributed by atoms with E-state index in [0.29, 0.717) is 6.10 Å². The fourth-order valence-electron chi connectivity index (χ4n) is 1.42. The number of hydrogen-bond acceptors (Lipinski definition) is 4. The summed E-state index contributed by atoms with van der Waals surface area (Å²) in [5, 5.41) is 0.887. The summed E-state index contributed by atoms with van der Waals surface area (Å²) in [7, 11) is 0. The van der Waals surface area contributed by atoms with Gasteiger partial charge in [0, 0.05) is 12.3 Å². The van der Waals surface area contributed by atoms with Crippen LogP contribution in [0.4, 0.5) is 0 Å². The van der Waals surface area contributed by atoms with Crippen molar-refractivity contribution in [2.45, 2.75) is 50.3 Å². The Labute approximate surface area is 107 Å². The van der Waals surface area contributed by atoms with Crippen molar-refractivity contribution in [2.24, 2.45) is 0 Å². The van der Waals surface area contributed by atoms with Gasteiger partial charge in [0.1, 0.15) is 10.6 Å². The van der Waals surface area contributed by atoms with E-state index in [1.807, 2.05) is 33.1 Å². The molecule has 0 spiro atoms. The first-order chi connectivity index (χ1) is 7.99. The molecule has 0 aromatic carbocycles. The second-order valence-corrected chi connectivity index (χ2v) is 5.97. The van der Waals surface area contributed by atoms with E-state index in [1.165, 1.54) is 0 Å². The summed E-state index contributed by atoms with van der Waals surface area (Å²) in [6.45, 7) is 6.10. The highest BCUT2D eigenvalue weighted by atomic mass is 32.2. The molecule has 0 bridgehead atoms. The molecule has 2 rings (SSSR count). The summed E-state index contributed by atoms with van der Waals surface area (Å²) in [5.74, 6) is 1.60. The lowest BCUT2D eigenvalue weighted by molar-refractivity contribution is 0.117. The lowest BCUT2D eigenvalue weighted by Gasteiger charge is -2.24. The van der Waals surface area contributed by atoms with E-state index < -0.39 is 0 Å². The predicted molar refractivity (Wildman–Crippen MR) is 70.0 cm³/mol. The van der Waals surface area contributed by atoms with Gasteiger partial charge < -0.3 is 9.47 Å². The molecule has 1 aromatic rings. The average Bonchev–Trinajstić information content (AvgIpc) is 3.02. The lowest BCUT2D eigenvalue weighted by atomic mass is 10.2. The summed E-state index contributed by atoms with van der Waals surface area (Å²) in [4.78, 5) is 4.33. The van der Waals surface area contributed by atoms with Gasteiger partial charge in [-0.05, 0) is 39.9 Å². The molecule has 0 unspecified atom stereocenters. The molecule has 0 amide bonds. The maximum absolute atomic E-state index is 5.98. The molecular weight excluding hydrogens is 234 g/mol. The Kier molecular flexibility index (Phi) is 3.52. The molecule has 0 N–H and O–H groups in total. The van der Waals surface area contributed by atoms with Gasteiger partial charge in [0.2, 0.25) is 0 Å². The smallest absolute Gasteiger partial charge is 0.194 e. The Bertz CT molecular complexity index is 397. The molecule has 4 heteroatoms. The zero-order valence-electron chi connectivity index (χ0n) is 10.8. The normalized spacial score (nSPS) is 15.8. The van der Waals surface area contributed by atoms with Crippen LogP contribution in [0, 0.1) is 0 Å². The van der Waals surface area contributed by atoms with Crippen LogP contribution in [0.15, 0.2) is 17.3 Å². The second kappa shape index (κ2) is 4.77. The van der Waals surface area contributed by atoms with Crippen molar-refractivity contribution in [3.8, 4) is 11.5 Å². The van der Waals surface area contributed by atoms with Gasteiger partial charge in [-0.3, -0.25) is 0 Å². The fourth-order valence-corrected chi connectivity index (χ4v) is 1.91. The number of pyridine rings is 1. The first-order valence-electron chi connectivity index (χ1n) is 5.88. The van der Waals surface area contributed by atoms with Crippen molar-refractivity contribution < 1.29 is 9.47 Å². The van der Waals surface area contributed by atoms with Crippen LogP contribution < -0.4 is 9.47 Å². The van der Waals surface area contributed by atoms with Gasteiger partial charge in [0.25, 0.3) is 0 Å². The molecular formula is C13H19NO2S. The van der Waals surface area contributed by atoms with Crippen LogP contribution in [0.2, 0.25) is 0 Å². The van der Waals surface area contributed by atoms with Crippen LogP contribution in [0.25, 0.3) is 0 Å². The third kappa shape index (κ3) is 3.53. The maximum atomic E-state index is 5.98. The molecule has 1 aliphatic carbocycles. The molecule has 1 fully saturated rings. The average molecular weight is 253 g/mol. The molecule has 17 heavy (non-hydrogen) atoms. The molecule has 0 aliphatic heterocycles. The first-order valence-corrected chi connectivity index (χ1v) is 7.11. The third-order valence-electron chi connectivity index (χ3n) is 2.26. The molecule has 94 valence electrons. The Balaban J connectivity index is 2.28. The minimum Gasteiger partial charge on any atom is -0.486 e. The van der Waals surface area contributed by atoms with Gasteiger partial charge in [-0.15, -0.1) is 11.8 Å². The highest BCUT2D eigenvalue weighted by Crippen LogP contribution is 2.40. The summed E-state index contributed by atoms with van der Waals surface area (Å²) in [6.07, 6.45) is 6.43. The van der Waals surface area contributed by atoms with Gasteiger partial charge in [-0.1, -0.05) is 0 Å². The topological polar surface area (TPSA) is 31.4 Å². The highest BCUT2D eigenvalue weighted by Gasteiger charge is 2.27. The van der Waals surface area contributed by atoms with Crippen LogP contribution in [0.1, 0.15) is 33.6 Å². The quantitative estimate of drug-likeness (QED) is 0.768.